The number of nitrogens with one attached hydrogen (secondary N) is 1. The third-order valence-electron chi connectivity index (χ3n) is 3.70. The standard InChI is InChI=1S/C16H24FN3O4S/c1-16(2,17)13-19-8-10-20(11-9-19)25(22,23)18-15(21)24-12-14-6-4-3-5-7-14/h3-7H,8-13H2,1-2H3,(H,18,21). The van der Waals surface area contributed by atoms with Crippen molar-refractivity contribution in [1.29, 1.82) is 0 Å². The highest BCUT2D eigenvalue weighted by atomic mass is 32.2. The number of ether oxygens (including phenoxy) is 1. The van der Waals surface area contributed by atoms with Gasteiger partial charge in [0.05, 0.1) is 0 Å². The molecule has 0 aromatic heterocycles. The van der Waals surface area contributed by atoms with Crippen LogP contribution in [0.2, 0.25) is 0 Å². The minimum Gasteiger partial charge on any atom is -0.444 e. The number of hydrogen-bond acceptors (Lipinski definition) is 5. The van der Waals surface area contributed by atoms with Crippen molar-refractivity contribution in [1.82, 2.24) is 13.9 Å². The summed E-state index contributed by atoms with van der Waals surface area (Å²) < 4.78 is 46.1. The second kappa shape index (κ2) is 8.11. The molecule has 0 atom stereocenters. The average Bonchev–Trinajstić information content (AvgIpc) is 2.52. The molecule has 1 heterocycles. The molecule has 7 nitrogen and oxygen atoms in total. The van der Waals surface area contributed by atoms with Crippen LogP contribution in [0.1, 0.15) is 19.4 Å². The van der Waals surface area contributed by atoms with Crippen molar-refractivity contribution in [2.24, 2.45) is 0 Å². The molecule has 2 rings (SSSR count). The van der Waals surface area contributed by atoms with E-state index in [0.29, 0.717) is 13.1 Å². The van der Waals surface area contributed by atoms with Crippen LogP contribution < -0.4 is 4.72 Å². The number of rotatable bonds is 6. The van der Waals surface area contributed by atoms with Gasteiger partial charge in [-0.1, -0.05) is 30.3 Å². The van der Waals surface area contributed by atoms with Crippen molar-refractivity contribution in [3.8, 4) is 0 Å². The van der Waals surface area contributed by atoms with Gasteiger partial charge in [-0.05, 0) is 19.4 Å². The van der Waals surface area contributed by atoms with E-state index in [1.54, 1.807) is 24.3 Å². The first-order valence-corrected chi connectivity index (χ1v) is 9.49. The number of hydrogen-bond donors (Lipinski definition) is 1. The van der Waals surface area contributed by atoms with Crippen LogP contribution in [-0.4, -0.2) is 62.1 Å². The van der Waals surface area contributed by atoms with Gasteiger partial charge in [0.1, 0.15) is 12.3 Å². The molecular formula is C16H24FN3O4S. The van der Waals surface area contributed by atoms with Crippen molar-refractivity contribution in [3.63, 3.8) is 0 Å². The quantitative estimate of drug-likeness (QED) is 0.818. The molecule has 1 amide bonds. The van der Waals surface area contributed by atoms with Crippen LogP contribution in [-0.2, 0) is 21.6 Å². The Hall–Kier alpha value is -1.71. The van der Waals surface area contributed by atoms with Crippen molar-refractivity contribution < 1.29 is 22.3 Å². The van der Waals surface area contributed by atoms with E-state index in [0.717, 1.165) is 5.56 Å². The predicted octanol–water partition coefficient (Wildman–Crippen LogP) is 1.52. The Labute approximate surface area is 147 Å². The first-order valence-electron chi connectivity index (χ1n) is 8.05. The third-order valence-corrected chi connectivity index (χ3v) is 5.17. The molecule has 1 aromatic carbocycles. The van der Waals surface area contributed by atoms with Gasteiger partial charge in [0.2, 0.25) is 0 Å². The monoisotopic (exact) mass is 373 g/mol. The van der Waals surface area contributed by atoms with Crippen LogP contribution >= 0.6 is 0 Å². The number of amides is 1. The lowest BCUT2D eigenvalue weighted by atomic mass is 10.1. The first kappa shape index (κ1) is 19.6. The number of carbonyl (C=O) groups excluding carboxylic acids is 1. The summed E-state index contributed by atoms with van der Waals surface area (Å²) in [6.45, 7) is 4.41. The fraction of sp³-hybridized carbons (Fsp3) is 0.562. The second-order valence-electron chi connectivity index (χ2n) is 6.56. The van der Waals surface area contributed by atoms with E-state index in [1.807, 2.05) is 15.7 Å². The van der Waals surface area contributed by atoms with Crippen LogP contribution in [0.25, 0.3) is 0 Å². The van der Waals surface area contributed by atoms with Crippen molar-refractivity contribution in [2.75, 3.05) is 32.7 Å². The maximum absolute atomic E-state index is 13.7. The summed E-state index contributed by atoms with van der Waals surface area (Å²) in [5.41, 5.74) is -0.571. The van der Waals surface area contributed by atoms with Gasteiger partial charge in [0.15, 0.2) is 0 Å². The molecule has 0 radical (unpaired) electrons. The van der Waals surface area contributed by atoms with Crippen molar-refractivity contribution >= 4 is 16.3 Å². The number of benzene rings is 1. The molecule has 1 N–H and O–H groups in total. The number of nitrogens with zero attached hydrogens (tertiary/aromatic N) is 2. The molecule has 1 saturated heterocycles. The summed E-state index contributed by atoms with van der Waals surface area (Å²) in [5.74, 6) is 0. The third kappa shape index (κ3) is 6.60. The van der Waals surface area contributed by atoms with Crippen LogP contribution in [0, 0.1) is 0 Å². The first-order chi connectivity index (χ1) is 11.7. The number of piperazine rings is 1. The summed E-state index contributed by atoms with van der Waals surface area (Å²) in [6, 6.07) is 8.97. The fourth-order valence-electron chi connectivity index (χ4n) is 2.58. The fourth-order valence-corrected chi connectivity index (χ4v) is 3.62. The van der Waals surface area contributed by atoms with Gasteiger partial charge in [-0.2, -0.15) is 12.7 Å². The number of carbonyl (C=O) groups is 1. The second-order valence-corrected chi connectivity index (χ2v) is 8.23. The average molecular weight is 373 g/mol. The Morgan fingerprint density at radius 3 is 2.36 bits per heavy atom. The Morgan fingerprint density at radius 2 is 1.80 bits per heavy atom. The Kier molecular flexibility index (Phi) is 6.36. The maximum Gasteiger partial charge on any atom is 0.422 e. The van der Waals surface area contributed by atoms with E-state index in [2.05, 4.69) is 0 Å². The molecule has 0 unspecified atom stereocenters. The molecule has 140 valence electrons. The largest absolute Gasteiger partial charge is 0.444 e. The van der Waals surface area contributed by atoms with Crippen molar-refractivity contribution in [2.45, 2.75) is 26.1 Å². The molecule has 9 heteroatoms. The highest BCUT2D eigenvalue weighted by Gasteiger charge is 2.30. The zero-order valence-electron chi connectivity index (χ0n) is 14.4. The Morgan fingerprint density at radius 1 is 1.20 bits per heavy atom. The zero-order chi connectivity index (χ0) is 18.5. The van der Waals surface area contributed by atoms with Crippen LogP contribution in [0.4, 0.5) is 9.18 Å². The van der Waals surface area contributed by atoms with Gasteiger partial charge >= 0.3 is 16.3 Å². The van der Waals surface area contributed by atoms with E-state index >= 15 is 0 Å². The molecule has 1 fully saturated rings. The van der Waals surface area contributed by atoms with Gasteiger partial charge in [0, 0.05) is 32.7 Å². The number of alkyl halides is 1. The minimum atomic E-state index is -3.97. The Bertz CT molecular complexity index is 668. The molecule has 0 aliphatic carbocycles. The lowest BCUT2D eigenvalue weighted by Gasteiger charge is -2.35. The smallest absolute Gasteiger partial charge is 0.422 e. The highest BCUT2D eigenvalue weighted by Crippen LogP contribution is 2.14. The van der Waals surface area contributed by atoms with Gasteiger partial charge in [0.25, 0.3) is 0 Å². The lowest BCUT2D eigenvalue weighted by molar-refractivity contribution is 0.0985. The molecule has 0 saturated carbocycles. The molecule has 1 aliphatic heterocycles. The highest BCUT2D eigenvalue weighted by molar-refractivity contribution is 7.87. The molecular weight excluding hydrogens is 349 g/mol. The van der Waals surface area contributed by atoms with Gasteiger partial charge in [-0.25, -0.2) is 13.9 Å². The topological polar surface area (TPSA) is 79.0 Å². The van der Waals surface area contributed by atoms with Gasteiger partial charge in [-0.3, -0.25) is 4.90 Å². The SMILES string of the molecule is CC(C)(F)CN1CCN(S(=O)(=O)NC(=O)OCc2ccccc2)CC1. The van der Waals surface area contributed by atoms with E-state index in [4.69, 9.17) is 4.74 Å². The lowest BCUT2D eigenvalue weighted by Crippen LogP contribution is -2.54. The summed E-state index contributed by atoms with van der Waals surface area (Å²) in [7, 11) is -3.97. The number of halogens is 1. The molecule has 25 heavy (non-hydrogen) atoms. The van der Waals surface area contributed by atoms with E-state index in [1.165, 1.54) is 18.2 Å². The van der Waals surface area contributed by atoms with Crippen LogP contribution in [0.5, 0.6) is 0 Å². The van der Waals surface area contributed by atoms with E-state index in [-0.39, 0.29) is 26.2 Å². The summed E-state index contributed by atoms with van der Waals surface area (Å²) in [4.78, 5) is 13.6. The van der Waals surface area contributed by atoms with Gasteiger partial charge < -0.3 is 4.74 Å². The zero-order valence-corrected chi connectivity index (χ0v) is 15.3. The Balaban J connectivity index is 1.80. The van der Waals surface area contributed by atoms with E-state index < -0.39 is 22.0 Å². The molecule has 0 spiro atoms. The van der Waals surface area contributed by atoms with Crippen LogP contribution in [0.15, 0.2) is 30.3 Å². The van der Waals surface area contributed by atoms with Gasteiger partial charge in [-0.15, -0.1) is 0 Å². The molecule has 1 aliphatic rings. The molecule has 0 bridgehead atoms. The maximum atomic E-state index is 13.7. The summed E-state index contributed by atoms with van der Waals surface area (Å²) >= 11 is 0. The van der Waals surface area contributed by atoms with Crippen molar-refractivity contribution in [3.05, 3.63) is 35.9 Å². The predicted molar refractivity (Wildman–Crippen MR) is 91.9 cm³/mol. The summed E-state index contributed by atoms with van der Waals surface area (Å²) in [6.07, 6.45) is -1.02. The summed E-state index contributed by atoms with van der Waals surface area (Å²) in [5, 5.41) is 0. The minimum absolute atomic E-state index is 0.0123. The molecule has 1 aromatic rings. The van der Waals surface area contributed by atoms with E-state index in [9.17, 15) is 17.6 Å². The normalized spacial score (nSPS) is 17.2. The van der Waals surface area contributed by atoms with Crippen LogP contribution in [0.3, 0.4) is 0 Å².